The molecule has 0 aromatic rings. The summed E-state index contributed by atoms with van der Waals surface area (Å²) in [6, 6.07) is 0. The van der Waals surface area contributed by atoms with Crippen molar-refractivity contribution in [2.75, 3.05) is 6.61 Å². The predicted molar refractivity (Wildman–Crippen MR) is 30.4 cm³/mol. The molecule has 0 bridgehead atoms. The highest BCUT2D eigenvalue weighted by Gasteiger charge is 1.77. The van der Waals surface area contributed by atoms with E-state index < -0.39 is 0 Å². The molecule has 0 aromatic carbocycles. The molecule has 0 fully saturated rings. The Morgan fingerprint density at radius 1 is 2.00 bits per heavy atom. The van der Waals surface area contributed by atoms with Gasteiger partial charge >= 0.3 is 0 Å². The zero-order valence-electron chi connectivity index (χ0n) is 4.39. The molecule has 2 nitrogen and oxygen atoms in total. The first-order chi connectivity index (χ1) is 3.31. The van der Waals surface area contributed by atoms with E-state index in [1.54, 1.807) is 6.92 Å². The number of rotatable bonds is 2. The molecule has 0 aliphatic heterocycles. The topological polar surface area (TPSA) is 32.6 Å². The molecule has 7 heavy (non-hydrogen) atoms. The molecule has 0 aliphatic rings. The molecular weight excluding hydrogens is 90.1 g/mol. The van der Waals surface area contributed by atoms with E-state index in [0.717, 1.165) is 5.57 Å². The SMILES string of the molecule is C=N/C=C(\C)CO. The van der Waals surface area contributed by atoms with Crippen molar-refractivity contribution in [2.45, 2.75) is 6.92 Å². The summed E-state index contributed by atoms with van der Waals surface area (Å²) in [5, 5.41) is 8.31. The number of nitrogens with zero attached hydrogens (tertiary/aromatic N) is 1. The highest BCUT2D eigenvalue weighted by Crippen LogP contribution is 1.86. The molecule has 0 rings (SSSR count). The molecule has 40 valence electrons. The maximum absolute atomic E-state index is 8.31. The zero-order valence-corrected chi connectivity index (χ0v) is 4.39. The lowest BCUT2D eigenvalue weighted by molar-refractivity contribution is 0.331. The van der Waals surface area contributed by atoms with Gasteiger partial charge in [-0.2, -0.15) is 0 Å². The number of aliphatic hydroxyl groups excluding tert-OH is 1. The molecule has 0 amide bonds. The molecule has 0 atom stereocenters. The molecule has 0 unspecified atom stereocenters. The first kappa shape index (κ1) is 6.37. The first-order valence-electron chi connectivity index (χ1n) is 2.03. The fraction of sp³-hybridized carbons (Fsp3) is 0.400. The van der Waals surface area contributed by atoms with Crippen LogP contribution in [0.25, 0.3) is 0 Å². The van der Waals surface area contributed by atoms with E-state index in [2.05, 4.69) is 11.7 Å². The Labute approximate surface area is 43.2 Å². The van der Waals surface area contributed by atoms with E-state index in [4.69, 9.17) is 5.11 Å². The lowest BCUT2D eigenvalue weighted by Gasteiger charge is -1.85. The fourth-order valence-corrected chi connectivity index (χ4v) is 0.197. The molecule has 0 aromatic heterocycles. The van der Waals surface area contributed by atoms with Crippen LogP contribution >= 0.6 is 0 Å². The third-order valence-electron chi connectivity index (χ3n) is 0.561. The van der Waals surface area contributed by atoms with Crippen LogP contribution in [-0.2, 0) is 0 Å². The Morgan fingerprint density at radius 3 is 2.71 bits per heavy atom. The van der Waals surface area contributed by atoms with Crippen LogP contribution in [0.4, 0.5) is 0 Å². The summed E-state index contributed by atoms with van der Waals surface area (Å²) in [7, 11) is 0. The first-order valence-corrected chi connectivity index (χ1v) is 2.03. The molecule has 0 heterocycles. The Kier molecular flexibility index (Phi) is 3.24. The highest BCUT2D eigenvalue weighted by atomic mass is 16.3. The summed E-state index contributed by atoms with van der Waals surface area (Å²) >= 11 is 0. The van der Waals surface area contributed by atoms with Crippen molar-refractivity contribution in [1.29, 1.82) is 0 Å². The van der Waals surface area contributed by atoms with E-state index in [1.165, 1.54) is 6.20 Å². The van der Waals surface area contributed by atoms with Gasteiger partial charge in [0.2, 0.25) is 0 Å². The molecular formula is C5H9NO. The van der Waals surface area contributed by atoms with Crippen molar-refractivity contribution >= 4 is 6.72 Å². The van der Waals surface area contributed by atoms with E-state index in [0.29, 0.717) is 0 Å². The van der Waals surface area contributed by atoms with Crippen molar-refractivity contribution in [2.24, 2.45) is 4.99 Å². The van der Waals surface area contributed by atoms with E-state index in [9.17, 15) is 0 Å². The van der Waals surface area contributed by atoms with Crippen LogP contribution in [0.1, 0.15) is 6.92 Å². The van der Waals surface area contributed by atoms with Gasteiger partial charge in [0.15, 0.2) is 0 Å². The minimum atomic E-state index is 0.0685. The van der Waals surface area contributed by atoms with E-state index >= 15 is 0 Å². The number of hydrogen-bond acceptors (Lipinski definition) is 2. The molecule has 2 heteroatoms. The Morgan fingerprint density at radius 2 is 2.57 bits per heavy atom. The van der Waals surface area contributed by atoms with Crippen LogP contribution in [0.5, 0.6) is 0 Å². The van der Waals surface area contributed by atoms with Crippen molar-refractivity contribution in [3.05, 3.63) is 11.8 Å². The van der Waals surface area contributed by atoms with Gasteiger partial charge in [0.25, 0.3) is 0 Å². The molecule has 1 N–H and O–H groups in total. The maximum Gasteiger partial charge on any atom is 0.0656 e. The summed E-state index contributed by atoms with van der Waals surface area (Å²) in [5.41, 5.74) is 0.829. The summed E-state index contributed by atoms with van der Waals surface area (Å²) in [5.74, 6) is 0. The fourth-order valence-electron chi connectivity index (χ4n) is 0.197. The lowest BCUT2D eigenvalue weighted by Crippen LogP contribution is -1.80. The Bertz CT molecular complexity index is 86.1. The van der Waals surface area contributed by atoms with Gasteiger partial charge < -0.3 is 5.11 Å². The van der Waals surface area contributed by atoms with Crippen molar-refractivity contribution in [1.82, 2.24) is 0 Å². The summed E-state index contributed by atoms with van der Waals surface area (Å²) in [6.07, 6.45) is 1.53. The van der Waals surface area contributed by atoms with Crippen LogP contribution in [0.2, 0.25) is 0 Å². The smallest absolute Gasteiger partial charge is 0.0656 e. The minimum absolute atomic E-state index is 0.0685. The van der Waals surface area contributed by atoms with Crippen LogP contribution < -0.4 is 0 Å². The standard InChI is InChI=1S/C5H9NO/c1-5(4-7)3-6-2/h3,7H,2,4H2,1H3/b5-3+. The molecule has 0 saturated carbocycles. The van der Waals surface area contributed by atoms with Crippen LogP contribution in [0.3, 0.4) is 0 Å². The Hall–Kier alpha value is -0.630. The molecule has 0 spiro atoms. The second-order valence-electron chi connectivity index (χ2n) is 1.32. The van der Waals surface area contributed by atoms with Gasteiger partial charge in [-0.3, -0.25) is 4.99 Å². The average molecular weight is 99.1 g/mol. The van der Waals surface area contributed by atoms with Gasteiger partial charge in [0.05, 0.1) is 6.61 Å². The zero-order chi connectivity index (χ0) is 5.70. The highest BCUT2D eigenvalue weighted by molar-refractivity contribution is 5.26. The van der Waals surface area contributed by atoms with Gasteiger partial charge in [-0.05, 0) is 19.2 Å². The number of aliphatic imine (C=N–C) groups is 1. The van der Waals surface area contributed by atoms with Gasteiger partial charge in [0.1, 0.15) is 0 Å². The second kappa shape index (κ2) is 3.56. The van der Waals surface area contributed by atoms with Crippen LogP contribution in [0, 0.1) is 0 Å². The third-order valence-corrected chi connectivity index (χ3v) is 0.561. The van der Waals surface area contributed by atoms with Crippen molar-refractivity contribution in [3.8, 4) is 0 Å². The summed E-state index contributed by atoms with van der Waals surface area (Å²) in [6.45, 7) is 5.07. The second-order valence-corrected chi connectivity index (χ2v) is 1.32. The van der Waals surface area contributed by atoms with Gasteiger partial charge in [-0.25, -0.2) is 0 Å². The quantitative estimate of drug-likeness (QED) is 0.505. The normalized spacial score (nSPS) is 11.4. The third kappa shape index (κ3) is 3.19. The van der Waals surface area contributed by atoms with Gasteiger partial charge in [-0.15, -0.1) is 0 Å². The van der Waals surface area contributed by atoms with Crippen molar-refractivity contribution < 1.29 is 5.11 Å². The number of hydrogen-bond donors (Lipinski definition) is 1. The van der Waals surface area contributed by atoms with Crippen molar-refractivity contribution in [3.63, 3.8) is 0 Å². The van der Waals surface area contributed by atoms with E-state index in [-0.39, 0.29) is 6.61 Å². The Balaban J connectivity index is 3.49. The predicted octanol–water partition coefficient (Wildman–Crippen LogP) is 0.583. The lowest BCUT2D eigenvalue weighted by atomic mass is 10.4. The number of aliphatic hydroxyl groups is 1. The largest absolute Gasteiger partial charge is 0.392 e. The summed E-state index contributed by atoms with van der Waals surface area (Å²) < 4.78 is 0. The van der Waals surface area contributed by atoms with Crippen LogP contribution in [0.15, 0.2) is 16.8 Å². The molecule has 0 saturated heterocycles. The average Bonchev–Trinajstić information content (AvgIpc) is 1.68. The van der Waals surface area contributed by atoms with Gasteiger partial charge in [-0.1, -0.05) is 0 Å². The summed E-state index contributed by atoms with van der Waals surface area (Å²) in [4.78, 5) is 3.43. The maximum atomic E-state index is 8.31. The van der Waals surface area contributed by atoms with E-state index in [1.807, 2.05) is 0 Å². The monoisotopic (exact) mass is 99.1 g/mol. The van der Waals surface area contributed by atoms with Gasteiger partial charge in [0, 0.05) is 6.20 Å². The minimum Gasteiger partial charge on any atom is -0.392 e. The molecule has 0 radical (unpaired) electrons. The van der Waals surface area contributed by atoms with Crippen LogP contribution in [-0.4, -0.2) is 18.4 Å². The molecule has 0 aliphatic carbocycles.